The van der Waals surface area contributed by atoms with E-state index < -0.39 is 12.0 Å². The SMILES string of the molecule is COc1cc2c(cc1OC)C(CC(=O)O)N(C(=O)c1cc3c(F)cccc3s1)CC2. The molecule has 6 nitrogen and oxygen atoms in total. The van der Waals surface area contributed by atoms with Crippen LogP contribution in [0.15, 0.2) is 36.4 Å². The minimum atomic E-state index is -1.01. The second-order valence-electron chi connectivity index (χ2n) is 7.03. The fourth-order valence-electron chi connectivity index (χ4n) is 3.93. The van der Waals surface area contributed by atoms with Gasteiger partial charge in [-0.15, -0.1) is 11.3 Å². The highest BCUT2D eigenvalue weighted by atomic mass is 32.1. The van der Waals surface area contributed by atoms with Crippen LogP contribution in [0.2, 0.25) is 0 Å². The van der Waals surface area contributed by atoms with Gasteiger partial charge in [-0.05, 0) is 47.9 Å². The van der Waals surface area contributed by atoms with Gasteiger partial charge in [0.15, 0.2) is 11.5 Å². The van der Waals surface area contributed by atoms with Gasteiger partial charge in [-0.1, -0.05) is 6.07 Å². The molecule has 1 aliphatic heterocycles. The molecule has 156 valence electrons. The summed E-state index contributed by atoms with van der Waals surface area (Å²) in [6.07, 6.45) is 0.310. The number of fused-ring (bicyclic) bond motifs is 2. The van der Waals surface area contributed by atoms with Crippen molar-refractivity contribution < 1.29 is 28.6 Å². The van der Waals surface area contributed by atoms with E-state index in [-0.39, 0.29) is 18.1 Å². The van der Waals surface area contributed by atoms with Crippen molar-refractivity contribution in [3.63, 3.8) is 0 Å². The maximum atomic E-state index is 14.1. The minimum absolute atomic E-state index is 0.243. The fraction of sp³-hybridized carbons (Fsp3) is 0.273. The lowest BCUT2D eigenvalue weighted by Gasteiger charge is -2.37. The molecule has 0 saturated heterocycles. The lowest BCUT2D eigenvalue weighted by Crippen LogP contribution is -2.40. The van der Waals surface area contributed by atoms with Gasteiger partial charge in [0, 0.05) is 16.6 Å². The van der Waals surface area contributed by atoms with Crippen LogP contribution in [0.5, 0.6) is 11.5 Å². The molecule has 0 bridgehead atoms. The summed E-state index contributed by atoms with van der Waals surface area (Å²) >= 11 is 1.21. The molecular formula is C22H20FNO5S. The first kappa shape index (κ1) is 20.2. The molecule has 2 aromatic carbocycles. The normalized spacial score (nSPS) is 15.7. The van der Waals surface area contributed by atoms with Gasteiger partial charge in [0.2, 0.25) is 0 Å². The molecular weight excluding hydrogens is 409 g/mol. The van der Waals surface area contributed by atoms with E-state index in [0.717, 1.165) is 11.1 Å². The summed E-state index contributed by atoms with van der Waals surface area (Å²) in [6, 6.07) is 9.18. The van der Waals surface area contributed by atoms with Crippen molar-refractivity contribution in [1.29, 1.82) is 0 Å². The lowest BCUT2D eigenvalue weighted by molar-refractivity contribution is -0.138. The van der Waals surface area contributed by atoms with Crippen molar-refractivity contribution in [3.05, 3.63) is 58.2 Å². The Labute approximate surface area is 176 Å². The molecule has 3 aromatic rings. The van der Waals surface area contributed by atoms with Crippen LogP contribution in [-0.2, 0) is 11.2 Å². The highest BCUT2D eigenvalue weighted by Gasteiger charge is 2.34. The van der Waals surface area contributed by atoms with Crippen molar-refractivity contribution in [1.82, 2.24) is 4.90 Å². The van der Waals surface area contributed by atoms with Gasteiger partial charge >= 0.3 is 5.97 Å². The third kappa shape index (κ3) is 3.47. The summed E-state index contributed by atoms with van der Waals surface area (Å²) in [5.41, 5.74) is 1.65. The van der Waals surface area contributed by atoms with E-state index >= 15 is 0 Å². The van der Waals surface area contributed by atoms with Gasteiger partial charge in [0.25, 0.3) is 5.91 Å². The predicted molar refractivity (Wildman–Crippen MR) is 111 cm³/mol. The van der Waals surface area contributed by atoms with Crippen LogP contribution in [0.3, 0.4) is 0 Å². The summed E-state index contributed by atoms with van der Waals surface area (Å²) < 4.78 is 25.5. The molecule has 0 fully saturated rings. The topological polar surface area (TPSA) is 76.1 Å². The standard InChI is InChI=1S/C22H20FNO5S/c1-28-17-8-12-6-7-24(16(11-21(25)26)13(12)9-18(17)29-2)22(27)20-10-14-15(23)4-3-5-19(14)30-20/h3-5,8-10,16H,6-7,11H2,1-2H3,(H,25,26). The van der Waals surface area contributed by atoms with E-state index in [4.69, 9.17) is 9.47 Å². The van der Waals surface area contributed by atoms with Crippen LogP contribution in [0.25, 0.3) is 10.1 Å². The van der Waals surface area contributed by atoms with Crippen LogP contribution in [0.1, 0.15) is 33.3 Å². The maximum Gasteiger partial charge on any atom is 0.305 e. The van der Waals surface area contributed by atoms with Gasteiger partial charge in [0.05, 0.1) is 31.6 Å². The number of halogens is 1. The number of aliphatic carboxylic acids is 1. The molecule has 4 rings (SSSR count). The van der Waals surface area contributed by atoms with Gasteiger partial charge in [0.1, 0.15) is 5.82 Å². The minimum Gasteiger partial charge on any atom is -0.493 e. The molecule has 8 heteroatoms. The smallest absolute Gasteiger partial charge is 0.305 e. The number of nitrogens with zero attached hydrogens (tertiary/aromatic N) is 1. The molecule has 0 aliphatic carbocycles. The molecule has 1 N–H and O–H groups in total. The highest BCUT2D eigenvalue weighted by Crippen LogP contribution is 2.40. The Morgan fingerprint density at radius 2 is 1.93 bits per heavy atom. The second-order valence-corrected chi connectivity index (χ2v) is 8.11. The van der Waals surface area contributed by atoms with E-state index in [1.807, 2.05) is 6.07 Å². The fourth-order valence-corrected chi connectivity index (χ4v) is 4.96. The number of thiophene rings is 1. The number of rotatable bonds is 5. The monoisotopic (exact) mass is 429 g/mol. The molecule has 2 heterocycles. The lowest BCUT2D eigenvalue weighted by atomic mass is 9.89. The third-order valence-electron chi connectivity index (χ3n) is 5.35. The van der Waals surface area contributed by atoms with E-state index in [1.54, 1.807) is 29.2 Å². The summed E-state index contributed by atoms with van der Waals surface area (Å²) in [7, 11) is 3.05. The number of carbonyl (C=O) groups is 2. The van der Waals surface area contributed by atoms with Crippen LogP contribution in [-0.4, -0.2) is 42.6 Å². The van der Waals surface area contributed by atoms with Crippen LogP contribution in [0, 0.1) is 5.82 Å². The van der Waals surface area contributed by atoms with E-state index in [0.29, 0.717) is 39.4 Å². The Morgan fingerprint density at radius 3 is 2.60 bits per heavy atom. The number of methoxy groups -OCH3 is 2. The Bertz CT molecular complexity index is 1140. The first-order valence-electron chi connectivity index (χ1n) is 9.38. The highest BCUT2D eigenvalue weighted by molar-refractivity contribution is 7.20. The molecule has 0 radical (unpaired) electrons. The number of carbonyl (C=O) groups excluding carboxylic acids is 1. The molecule has 30 heavy (non-hydrogen) atoms. The zero-order valence-electron chi connectivity index (χ0n) is 16.5. The molecule has 0 saturated carbocycles. The summed E-state index contributed by atoms with van der Waals surface area (Å²) in [4.78, 5) is 26.9. The number of amides is 1. The molecule has 1 aromatic heterocycles. The van der Waals surface area contributed by atoms with E-state index in [2.05, 4.69) is 0 Å². The Hall–Kier alpha value is -3.13. The summed E-state index contributed by atoms with van der Waals surface area (Å²) in [5.74, 6) is -0.661. The van der Waals surface area contributed by atoms with Crippen LogP contribution < -0.4 is 9.47 Å². The Kier molecular flexibility index (Phi) is 5.34. The van der Waals surface area contributed by atoms with Gasteiger partial charge in [-0.2, -0.15) is 0 Å². The molecule has 1 aliphatic rings. The van der Waals surface area contributed by atoms with Gasteiger partial charge in [-0.25, -0.2) is 4.39 Å². The number of carboxylic acids is 1. The average Bonchev–Trinajstić information content (AvgIpc) is 3.18. The van der Waals surface area contributed by atoms with Crippen molar-refractivity contribution in [3.8, 4) is 11.5 Å². The first-order valence-corrected chi connectivity index (χ1v) is 10.2. The number of hydrogen-bond acceptors (Lipinski definition) is 5. The average molecular weight is 429 g/mol. The van der Waals surface area contributed by atoms with Gasteiger partial charge < -0.3 is 19.5 Å². The summed E-state index contributed by atoms with van der Waals surface area (Å²) in [5, 5.41) is 9.89. The van der Waals surface area contributed by atoms with Crippen molar-refractivity contribution in [2.45, 2.75) is 18.9 Å². The van der Waals surface area contributed by atoms with Crippen molar-refractivity contribution >= 4 is 33.3 Å². The van der Waals surface area contributed by atoms with Crippen LogP contribution in [0.4, 0.5) is 4.39 Å². The maximum absolute atomic E-state index is 14.1. The molecule has 0 spiro atoms. The Morgan fingerprint density at radius 1 is 1.20 bits per heavy atom. The number of benzene rings is 2. The van der Waals surface area contributed by atoms with E-state index in [1.165, 1.54) is 31.6 Å². The van der Waals surface area contributed by atoms with E-state index in [9.17, 15) is 19.1 Å². The third-order valence-corrected chi connectivity index (χ3v) is 6.44. The quantitative estimate of drug-likeness (QED) is 0.656. The first-order chi connectivity index (χ1) is 14.4. The van der Waals surface area contributed by atoms with Crippen molar-refractivity contribution in [2.75, 3.05) is 20.8 Å². The number of ether oxygens (including phenoxy) is 2. The van der Waals surface area contributed by atoms with Crippen LogP contribution >= 0.6 is 11.3 Å². The zero-order valence-corrected chi connectivity index (χ0v) is 17.3. The van der Waals surface area contributed by atoms with Crippen molar-refractivity contribution in [2.24, 2.45) is 0 Å². The number of hydrogen-bond donors (Lipinski definition) is 1. The van der Waals surface area contributed by atoms with Gasteiger partial charge in [-0.3, -0.25) is 9.59 Å². The second kappa shape index (κ2) is 7.95. The number of carboxylic acid groups (broad SMARTS) is 1. The predicted octanol–water partition coefficient (Wildman–Crippen LogP) is 4.27. The molecule has 1 atom stereocenters. The Balaban J connectivity index is 1.76. The molecule has 1 unspecified atom stereocenters. The molecule has 1 amide bonds. The zero-order chi connectivity index (χ0) is 21.4. The summed E-state index contributed by atoms with van der Waals surface area (Å²) in [6.45, 7) is 0.357. The largest absolute Gasteiger partial charge is 0.493 e.